The highest BCUT2D eigenvalue weighted by molar-refractivity contribution is 6.29. The maximum Gasteiger partial charge on any atom is 0.129 e. The number of nitrogens with zero attached hydrogens (tertiary/aromatic N) is 1. The molecule has 1 aromatic rings. The van der Waals surface area contributed by atoms with Gasteiger partial charge < -0.3 is 0 Å². The van der Waals surface area contributed by atoms with Crippen LogP contribution in [0.1, 0.15) is 24.9 Å². The van der Waals surface area contributed by atoms with Gasteiger partial charge in [-0.2, -0.15) is 0 Å². The quantitative estimate of drug-likeness (QED) is 0.345. The van der Waals surface area contributed by atoms with Crippen molar-refractivity contribution in [1.82, 2.24) is 10.4 Å². The fourth-order valence-corrected chi connectivity index (χ4v) is 1.29. The van der Waals surface area contributed by atoms with Crippen LogP contribution < -0.4 is 11.3 Å². The SMILES string of the molecule is CC#CCC(NN)c1ccnc(Cl)c1. The van der Waals surface area contributed by atoms with E-state index in [1.165, 1.54) is 0 Å². The lowest BCUT2D eigenvalue weighted by Crippen LogP contribution is -2.27. The lowest BCUT2D eigenvalue weighted by molar-refractivity contribution is 0.567. The first-order valence-corrected chi connectivity index (χ1v) is 4.63. The van der Waals surface area contributed by atoms with E-state index in [4.69, 9.17) is 17.4 Å². The number of nitrogens with two attached hydrogens (primary N) is 1. The maximum absolute atomic E-state index is 5.76. The summed E-state index contributed by atoms with van der Waals surface area (Å²) in [6.45, 7) is 1.80. The largest absolute Gasteiger partial charge is 0.271 e. The van der Waals surface area contributed by atoms with Gasteiger partial charge in [0.05, 0.1) is 6.04 Å². The second-order valence-corrected chi connectivity index (χ2v) is 3.15. The predicted octanol–water partition coefficient (Wildman–Crippen LogP) is 1.65. The Hall–Kier alpha value is -1.08. The highest BCUT2D eigenvalue weighted by Crippen LogP contribution is 2.17. The summed E-state index contributed by atoms with van der Waals surface area (Å²) in [5, 5.41) is 0.465. The lowest BCUT2D eigenvalue weighted by Gasteiger charge is -2.12. The van der Waals surface area contributed by atoms with Crippen molar-refractivity contribution in [2.45, 2.75) is 19.4 Å². The van der Waals surface area contributed by atoms with Crippen LogP contribution in [0.4, 0.5) is 0 Å². The minimum absolute atomic E-state index is 0.00273. The number of hydrazine groups is 1. The highest BCUT2D eigenvalue weighted by Gasteiger charge is 2.07. The van der Waals surface area contributed by atoms with E-state index in [1.54, 1.807) is 19.2 Å². The fraction of sp³-hybridized carbons (Fsp3) is 0.300. The summed E-state index contributed by atoms with van der Waals surface area (Å²) in [5.74, 6) is 11.2. The molecule has 0 radical (unpaired) electrons. The third-order valence-corrected chi connectivity index (χ3v) is 2.04. The Labute approximate surface area is 88.6 Å². The van der Waals surface area contributed by atoms with E-state index >= 15 is 0 Å². The number of halogens is 1. The Morgan fingerprint density at radius 2 is 2.50 bits per heavy atom. The molecule has 0 spiro atoms. The summed E-state index contributed by atoms with van der Waals surface area (Å²) >= 11 is 5.76. The van der Waals surface area contributed by atoms with Gasteiger partial charge in [-0.1, -0.05) is 11.6 Å². The van der Waals surface area contributed by atoms with Gasteiger partial charge in [-0.15, -0.1) is 11.8 Å². The molecule has 0 aliphatic heterocycles. The molecule has 0 saturated carbocycles. The van der Waals surface area contributed by atoms with Crippen molar-refractivity contribution >= 4 is 11.6 Å². The smallest absolute Gasteiger partial charge is 0.129 e. The molecular formula is C10H12ClN3. The molecule has 4 heteroatoms. The number of rotatable bonds is 3. The number of hydrogen-bond acceptors (Lipinski definition) is 3. The number of aromatic nitrogens is 1. The van der Waals surface area contributed by atoms with Crippen molar-refractivity contribution in [2.75, 3.05) is 0 Å². The molecule has 3 nitrogen and oxygen atoms in total. The number of pyridine rings is 1. The first-order valence-electron chi connectivity index (χ1n) is 4.25. The zero-order valence-electron chi connectivity index (χ0n) is 7.92. The highest BCUT2D eigenvalue weighted by atomic mass is 35.5. The van der Waals surface area contributed by atoms with Gasteiger partial charge in [0.2, 0.25) is 0 Å². The third-order valence-electron chi connectivity index (χ3n) is 1.84. The zero-order valence-corrected chi connectivity index (χ0v) is 8.67. The van der Waals surface area contributed by atoms with Crippen molar-refractivity contribution in [1.29, 1.82) is 0 Å². The molecule has 1 heterocycles. The number of nitrogens with one attached hydrogen (secondary N) is 1. The van der Waals surface area contributed by atoms with Gasteiger partial charge in [-0.05, 0) is 24.6 Å². The normalized spacial score (nSPS) is 11.6. The molecule has 0 aromatic carbocycles. The molecule has 74 valence electrons. The van der Waals surface area contributed by atoms with Crippen molar-refractivity contribution in [3.05, 3.63) is 29.0 Å². The van der Waals surface area contributed by atoms with E-state index in [1.807, 2.05) is 6.07 Å². The first kappa shape index (κ1) is 11.0. The van der Waals surface area contributed by atoms with Gasteiger partial charge in [0, 0.05) is 12.6 Å². The molecule has 0 aliphatic rings. The minimum Gasteiger partial charge on any atom is -0.271 e. The Bertz CT molecular complexity index is 354. The summed E-state index contributed by atoms with van der Waals surface area (Å²) < 4.78 is 0. The van der Waals surface area contributed by atoms with E-state index in [-0.39, 0.29) is 6.04 Å². The summed E-state index contributed by atoms with van der Waals surface area (Å²) in [4.78, 5) is 3.90. The summed E-state index contributed by atoms with van der Waals surface area (Å²) in [5.41, 5.74) is 3.69. The van der Waals surface area contributed by atoms with Gasteiger partial charge in [-0.3, -0.25) is 11.3 Å². The van der Waals surface area contributed by atoms with E-state index in [2.05, 4.69) is 22.3 Å². The Kier molecular flexibility index (Phi) is 4.41. The maximum atomic E-state index is 5.76. The summed E-state index contributed by atoms with van der Waals surface area (Å²) in [6, 6.07) is 3.65. The molecule has 14 heavy (non-hydrogen) atoms. The molecule has 0 fully saturated rings. The van der Waals surface area contributed by atoms with Gasteiger partial charge in [-0.25, -0.2) is 4.98 Å². The molecule has 0 bridgehead atoms. The van der Waals surface area contributed by atoms with Crippen LogP contribution in [-0.4, -0.2) is 4.98 Å². The molecule has 1 aromatic heterocycles. The lowest BCUT2D eigenvalue weighted by atomic mass is 10.1. The van der Waals surface area contributed by atoms with E-state index in [9.17, 15) is 0 Å². The topological polar surface area (TPSA) is 50.9 Å². The molecule has 1 unspecified atom stereocenters. The van der Waals surface area contributed by atoms with Gasteiger partial charge in [0.25, 0.3) is 0 Å². The molecule has 1 atom stereocenters. The van der Waals surface area contributed by atoms with Crippen molar-refractivity contribution in [3.63, 3.8) is 0 Å². The van der Waals surface area contributed by atoms with Crippen molar-refractivity contribution < 1.29 is 0 Å². The van der Waals surface area contributed by atoms with E-state index in [0.717, 1.165) is 5.56 Å². The Morgan fingerprint density at radius 1 is 1.71 bits per heavy atom. The minimum atomic E-state index is 0.00273. The van der Waals surface area contributed by atoms with Gasteiger partial charge >= 0.3 is 0 Å². The average Bonchev–Trinajstić information content (AvgIpc) is 2.19. The predicted molar refractivity (Wildman–Crippen MR) is 57.4 cm³/mol. The van der Waals surface area contributed by atoms with Crippen molar-refractivity contribution in [2.24, 2.45) is 5.84 Å². The summed E-state index contributed by atoms with van der Waals surface area (Å²) in [6.07, 6.45) is 2.31. The third kappa shape index (κ3) is 3.00. The molecule has 0 amide bonds. The Morgan fingerprint density at radius 3 is 3.07 bits per heavy atom. The van der Waals surface area contributed by atoms with Crippen LogP contribution in [0.15, 0.2) is 18.3 Å². The summed E-state index contributed by atoms with van der Waals surface area (Å²) in [7, 11) is 0. The first-order chi connectivity index (χ1) is 6.77. The van der Waals surface area contributed by atoms with Crippen molar-refractivity contribution in [3.8, 4) is 11.8 Å². The average molecular weight is 210 g/mol. The van der Waals surface area contributed by atoms with Crippen LogP contribution in [0.3, 0.4) is 0 Å². The molecule has 1 rings (SSSR count). The molecule has 3 N–H and O–H groups in total. The standard InChI is InChI=1S/C10H12ClN3/c1-2-3-4-9(14-12)8-5-6-13-10(11)7-8/h5-7,9,14H,4,12H2,1H3. The second kappa shape index (κ2) is 5.61. The zero-order chi connectivity index (χ0) is 10.4. The van der Waals surface area contributed by atoms with E-state index in [0.29, 0.717) is 11.6 Å². The van der Waals surface area contributed by atoms with Gasteiger partial charge in [0.1, 0.15) is 5.15 Å². The monoisotopic (exact) mass is 209 g/mol. The molecular weight excluding hydrogens is 198 g/mol. The molecule has 0 saturated heterocycles. The second-order valence-electron chi connectivity index (χ2n) is 2.76. The molecule has 0 aliphatic carbocycles. The van der Waals surface area contributed by atoms with Crippen LogP contribution in [0.5, 0.6) is 0 Å². The van der Waals surface area contributed by atoms with Crippen LogP contribution >= 0.6 is 11.6 Å². The number of hydrogen-bond donors (Lipinski definition) is 2. The van der Waals surface area contributed by atoms with Crippen LogP contribution in [0.2, 0.25) is 5.15 Å². The van der Waals surface area contributed by atoms with Gasteiger partial charge in [0.15, 0.2) is 0 Å². The van der Waals surface area contributed by atoms with E-state index < -0.39 is 0 Å². The van der Waals surface area contributed by atoms with Crippen LogP contribution in [0, 0.1) is 11.8 Å². The Balaban J connectivity index is 2.81. The van der Waals surface area contributed by atoms with Crippen LogP contribution in [0.25, 0.3) is 0 Å². The van der Waals surface area contributed by atoms with Crippen LogP contribution in [-0.2, 0) is 0 Å². The fourth-order valence-electron chi connectivity index (χ4n) is 1.11.